The molecular formula is C27H35N3O2. The van der Waals surface area contributed by atoms with E-state index in [4.69, 9.17) is 4.98 Å². The molecule has 0 aliphatic rings. The zero-order chi connectivity index (χ0) is 23.3. The minimum Gasteiger partial charge on any atom is -0.333 e. The number of aryl methyl sites for hydroxylation is 1. The molecule has 0 fully saturated rings. The topological polar surface area (TPSA) is 55.2 Å². The Bertz CT molecular complexity index is 1130. The van der Waals surface area contributed by atoms with Crippen LogP contribution in [-0.2, 0) is 4.79 Å². The molecule has 1 aromatic heterocycles. The number of carbonyl (C=O) groups is 1. The van der Waals surface area contributed by atoms with Crippen LogP contribution in [0.25, 0.3) is 16.6 Å². The number of benzene rings is 2. The molecule has 0 radical (unpaired) electrons. The molecule has 5 heteroatoms. The summed E-state index contributed by atoms with van der Waals surface area (Å²) in [6.07, 6.45) is 3.52. The van der Waals surface area contributed by atoms with Crippen LogP contribution in [0.2, 0.25) is 0 Å². The number of rotatable bonds is 9. The summed E-state index contributed by atoms with van der Waals surface area (Å²) in [5.41, 5.74) is 2.39. The average Bonchev–Trinajstić information content (AvgIpc) is 2.77. The molecule has 2 aromatic carbocycles. The molecule has 170 valence electrons. The third kappa shape index (κ3) is 5.26. The van der Waals surface area contributed by atoms with Gasteiger partial charge in [0.05, 0.1) is 22.6 Å². The van der Waals surface area contributed by atoms with Gasteiger partial charge in [-0.2, -0.15) is 0 Å². The van der Waals surface area contributed by atoms with E-state index < -0.39 is 0 Å². The van der Waals surface area contributed by atoms with Gasteiger partial charge in [-0.15, -0.1) is 0 Å². The van der Waals surface area contributed by atoms with Crippen molar-refractivity contribution in [3.63, 3.8) is 0 Å². The maximum atomic E-state index is 13.6. The number of aromatic nitrogens is 2. The van der Waals surface area contributed by atoms with E-state index >= 15 is 0 Å². The first-order chi connectivity index (χ1) is 15.3. The Labute approximate surface area is 191 Å². The zero-order valence-corrected chi connectivity index (χ0v) is 20.0. The second kappa shape index (κ2) is 10.6. The molecule has 0 aliphatic heterocycles. The monoisotopic (exact) mass is 433 g/mol. The van der Waals surface area contributed by atoms with Crippen molar-refractivity contribution in [2.45, 2.75) is 66.3 Å². The van der Waals surface area contributed by atoms with Crippen LogP contribution < -0.4 is 5.56 Å². The van der Waals surface area contributed by atoms with Gasteiger partial charge < -0.3 is 4.90 Å². The highest BCUT2D eigenvalue weighted by Gasteiger charge is 2.27. The Morgan fingerprint density at radius 2 is 1.81 bits per heavy atom. The molecule has 1 atom stereocenters. The molecule has 0 spiro atoms. The number of unbranched alkanes of at least 4 members (excludes halogenated alkanes) is 2. The van der Waals surface area contributed by atoms with E-state index in [1.807, 2.05) is 67.3 Å². The molecule has 1 amide bonds. The summed E-state index contributed by atoms with van der Waals surface area (Å²) in [7, 11) is 0. The van der Waals surface area contributed by atoms with Crippen LogP contribution in [-0.4, -0.2) is 26.9 Å². The number of para-hydroxylation sites is 1. The molecule has 1 unspecified atom stereocenters. The first kappa shape index (κ1) is 23.7. The van der Waals surface area contributed by atoms with Crippen LogP contribution >= 0.6 is 0 Å². The summed E-state index contributed by atoms with van der Waals surface area (Å²) in [5, 5.41) is 0.578. The lowest BCUT2D eigenvalue weighted by Crippen LogP contribution is -2.39. The molecular weight excluding hydrogens is 398 g/mol. The van der Waals surface area contributed by atoms with Gasteiger partial charge in [0.1, 0.15) is 5.82 Å². The van der Waals surface area contributed by atoms with Crippen molar-refractivity contribution in [3.8, 4) is 5.69 Å². The van der Waals surface area contributed by atoms with Gasteiger partial charge in [0, 0.05) is 13.0 Å². The predicted molar refractivity (Wildman–Crippen MR) is 131 cm³/mol. The summed E-state index contributed by atoms with van der Waals surface area (Å²) >= 11 is 0. The van der Waals surface area contributed by atoms with Crippen molar-refractivity contribution < 1.29 is 4.79 Å². The van der Waals surface area contributed by atoms with Gasteiger partial charge in [-0.25, -0.2) is 4.98 Å². The fraction of sp³-hybridized carbons (Fsp3) is 0.444. The number of hydrogen-bond donors (Lipinski definition) is 0. The van der Waals surface area contributed by atoms with Gasteiger partial charge in [-0.05, 0) is 56.0 Å². The van der Waals surface area contributed by atoms with E-state index in [-0.39, 0.29) is 17.5 Å². The van der Waals surface area contributed by atoms with Crippen LogP contribution in [0.1, 0.15) is 70.8 Å². The molecule has 0 aliphatic carbocycles. The SMILES string of the molecule is CCCCCC(=O)N(CC(C)C)C(C)c1nc2ccccc2c(=O)n1-c1cccc(C)c1. The number of nitrogens with zero attached hydrogens (tertiary/aromatic N) is 3. The van der Waals surface area contributed by atoms with Crippen molar-refractivity contribution >= 4 is 16.8 Å². The van der Waals surface area contributed by atoms with E-state index in [0.717, 1.165) is 30.5 Å². The fourth-order valence-corrected chi connectivity index (χ4v) is 4.13. The molecule has 0 saturated carbocycles. The van der Waals surface area contributed by atoms with Gasteiger partial charge in [0.25, 0.3) is 5.56 Å². The summed E-state index contributed by atoms with van der Waals surface area (Å²) in [5.74, 6) is 1.04. The highest BCUT2D eigenvalue weighted by atomic mass is 16.2. The molecule has 0 bridgehead atoms. The van der Waals surface area contributed by atoms with E-state index in [2.05, 4.69) is 20.8 Å². The Balaban J connectivity index is 2.16. The van der Waals surface area contributed by atoms with Crippen molar-refractivity contribution in [1.82, 2.24) is 14.5 Å². The third-order valence-corrected chi connectivity index (χ3v) is 5.78. The molecule has 32 heavy (non-hydrogen) atoms. The highest BCUT2D eigenvalue weighted by molar-refractivity contribution is 5.79. The van der Waals surface area contributed by atoms with E-state index in [9.17, 15) is 9.59 Å². The summed E-state index contributed by atoms with van der Waals surface area (Å²) in [4.78, 5) is 33.7. The molecule has 3 rings (SSSR count). The van der Waals surface area contributed by atoms with Crippen molar-refractivity contribution in [1.29, 1.82) is 0 Å². The summed E-state index contributed by atoms with van der Waals surface area (Å²) < 4.78 is 1.69. The Morgan fingerprint density at radius 1 is 1.06 bits per heavy atom. The second-order valence-corrected chi connectivity index (χ2v) is 9.04. The smallest absolute Gasteiger partial charge is 0.266 e. The van der Waals surface area contributed by atoms with Crippen molar-refractivity contribution in [2.75, 3.05) is 6.54 Å². The van der Waals surface area contributed by atoms with E-state index in [0.29, 0.717) is 35.6 Å². The maximum Gasteiger partial charge on any atom is 0.266 e. The minimum atomic E-state index is -0.329. The molecule has 5 nitrogen and oxygen atoms in total. The highest BCUT2D eigenvalue weighted by Crippen LogP contribution is 2.25. The molecule has 3 aromatic rings. The normalized spacial score (nSPS) is 12.3. The number of amides is 1. The van der Waals surface area contributed by atoms with Gasteiger partial charge in [0.15, 0.2) is 0 Å². The lowest BCUT2D eigenvalue weighted by Gasteiger charge is -2.32. The molecule has 0 N–H and O–H groups in total. The van der Waals surface area contributed by atoms with E-state index in [1.54, 1.807) is 4.57 Å². The first-order valence-corrected chi connectivity index (χ1v) is 11.7. The van der Waals surface area contributed by atoms with Crippen LogP contribution in [0.15, 0.2) is 53.3 Å². The minimum absolute atomic E-state index is 0.106. The van der Waals surface area contributed by atoms with Gasteiger partial charge >= 0.3 is 0 Å². The zero-order valence-electron chi connectivity index (χ0n) is 20.0. The number of hydrogen-bond acceptors (Lipinski definition) is 3. The standard InChI is InChI=1S/C27H35N3O2/c1-6-7-8-16-25(31)29(18-19(2)3)21(5)26-28-24-15-10-9-14-23(24)27(32)30(26)22-13-11-12-20(4)17-22/h9-15,17,19,21H,6-8,16,18H2,1-5H3. The fourth-order valence-electron chi connectivity index (χ4n) is 4.13. The second-order valence-electron chi connectivity index (χ2n) is 9.04. The molecule has 0 saturated heterocycles. The van der Waals surface area contributed by atoms with Gasteiger partial charge in [0.2, 0.25) is 5.91 Å². The van der Waals surface area contributed by atoms with Crippen LogP contribution in [0.5, 0.6) is 0 Å². The lowest BCUT2D eigenvalue weighted by molar-refractivity contribution is -0.134. The average molecular weight is 434 g/mol. The first-order valence-electron chi connectivity index (χ1n) is 11.7. The summed E-state index contributed by atoms with van der Waals surface area (Å²) in [6, 6.07) is 15.0. The summed E-state index contributed by atoms with van der Waals surface area (Å²) in [6.45, 7) is 11.0. The Morgan fingerprint density at radius 3 is 2.50 bits per heavy atom. The quantitative estimate of drug-likeness (QED) is 0.400. The van der Waals surface area contributed by atoms with Crippen molar-refractivity contribution in [3.05, 3.63) is 70.3 Å². The Kier molecular flexibility index (Phi) is 7.84. The largest absolute Gasteiger partial charge is 0.333 e. The van der Waals surface area contributed by atoms with E-state index in [1.165, 1.54) is 0 Å². The number of fused-ring (bicyclic) bond motifs is 1. The third-order valence-electron chi connectivity index (χ3n) is 5.78. The van der Waals surface area contributed by atoms with Crippen molar-refractivity contribution in [2.24, 2.45) is 5.92 Å². The van der Waals surface area contributed by atoms with Gasteiger partial charge in [-0.3, -0.25) is 14.2 Å². The van der Waals surface area contributed by atoms with Crippen LogP contribution in [0.3, 0.4) is 0 Å². The van der Waals surface area contributed by atoms with Gasteiger partial charge in [-0.1, -0.05) is 57.9 Å². The van der Waals surface area contributed by atoms with Crippen LogP contribution in [0, 0.1) is 12.8 Å². The predicted octanol–water partition coefficient (Wildman–Crippen LogP) is 5.82. The van der Waals surface area contributed by atoms with Crippen LogP contribution in [0.4, 0.5) is 0 Å². The molecule has 1 heterocycles. The Hall–Kier alpha value is -2.95. The number of carbonyl (C=O) groups excluding carboxylic acids is 1. The lowest BCUT2D eigenvalue weighted by atomic mass is 10.1. The maximum absolute atomic E-state index is 13.6.